The molecule has 0 aromatic carbocycles. The van der Waals surface area contributed by atoms with Gasteiger partial charge < -0.3 is 10.6 Å². The molecule has 2 aromatic heterocycles. The first kappa shape index (κ1) is 15.0. The van der Waals surface area contributed by atoms with Crippen LogP contribution in [0.5, 0.6) is 0 Å². The summed E-state index contributed by atoms with van der Waals surface area (Å²) in [6.07, 6.45) is 7.79. The maximum atomic E-state index is 12.7. The lowest BCUT2D eigenvalue weighted by atomic mass is 9.88. The molecule has 0 saturated carbocycles. The van der Waals surface area contributed by atoms with Gasteiger partial charge in [0, 0.05) is 18.9 Å². The molecular formula is C15H19N7O2. The Balaban J connectivity index is 1.38. The molecule has 24 heavy (non-hydrogen) atoms. The Labute approximate surface area is 138 Å². The number of hydrogen-bond acceptors (Lipinski definition) is 6. The molecule has 9 heteroatoms. The normalized spacial score (nSPS) is 20.1. The summed E-state index contributed by atoms with van der Waals surface area (Å²) in [5.41, 5.74) is 0.306. The van der Waals surface area contributed by atoms with Crippen LogP contribution in [0.15, 0.2) is 18.7 Å². The summed E-state index contributed by atoms with van der Waals surface area (Å²) in [5.74, 6) is 0.472. The lowest BCUT2D eigenvalue weighted by molar-refractivity contribution is -0.132. The van der Waals surface area contributed by atoms with Gasteiger partial charge in [0.05, 0.1) is 0 Å². The predicted molar refractivity (Wildman–Crippen MR) is 84.2 cm³/mol. The van der Waals surface area contributed by atoms with E-state index in [4.69, 9.17) is 0 Å². The fourth-order valence-corrected chi connectivity index (χ4v) is 3.40. The SMILES string of the molecule is O=C1NC2(CCNCC2)C(=O)N1CCCc1cnc2ncnn2c1. The zero-order valence-electron chi connectivity index (χ0n) is 13.2. The van der Waals surface area contributed by atoms with E-state index in [2.05, 4.69) is 25.7 Å². The molecule has 2 N–H and O–H groups in total. The Morgan fingerprint density at radius 3 is 2.88 bits per heavy atom. The monoisotopic (exact) mass is 329 g/mol. The van der Waals surface area contributed by atoms with Crippen molar-refractivity contribution in [3.05, 3.63) is 24.3 Å². The smallest absolute Gasteiger partial charge is 0.323 e. The molecule has 0 radical (unpaired) electrons. The molecule has 4 heterocycles. The van der Waals surface area contributed by atoms with E-state index in [1.54, 1.807) is 10.7 Å². The molecule has 2 fully saturated rings. The van der Waals surface area contributed by atoms with Crippen molar-refractivity contribution in [1.82, 2.24) is 35.1 Å². The Morgan fingerprint density at radius 1 is 1.21 bits per heavy atom. The minimum Gasteiger partial charge on any atom is -0.323 e. The van der Waals surface area contributed by atoms with Gasteiger partial charge in [0.1, 0.15) is 11.9 Å². The molecule has 2 aromatic rings. The third kappa shape index (κ3) is 2.50. The van der Waals surface area contributed by atoms with Crippen LogP contribution in [0.3, 0.4) is 0 Å². The highest BCUT2D eigenvalue weighted by molar-refractivity contribution is 6.07. The summed E-state index contributed by atoms with van der Waals surface area (Å²) in [6, 6.07) is -0.272. The number of amides is 3. The number of aryl methyl sites for hydroxylation is 1. The second kappa shape index (κ2) is 5.82. The molecule has 1 spiro atoms. The van der Waals surface area contributed by atoms with Crippen LogP contribution in [0.2, 0.25) is 0 Å². The summed E-state index contributed by atoms with van der Waals surface area (Å²) in [4.78, 5) is 34.4. The number of urea groups is 1. The molecule has 2 saturated heterocycles. The van der Waals surface area contributed by atoms with Crippen molar-refractivity contribution in [3.8, 4) is 0 Å². The first-order valence-corrected chi connectivity index (χ1v) is 8.17. The predicted octanol–water partition coefficient (Wildman–Crippen LogP) is -0.269. The number of carbonyl (C=O) groups excluding carboxylic acids is 2. The summed E-state index contributed by atoms with van der Waals surface area (Å²) in [5, 5.41) is 10.2. The van der Waals surface area contributed by atoms with Crippen LogP contribution < -0.4 is 10.6 Å². The van der Waals surface area contributed by atoms with Crippen LogP contribution in [0, 0.1) is 0 Å². The quantitative estimate of drug-likeness (QED) is 0.748. The molecule has 9 nitrogen and oxygen atoms in total. The number of rotatable bonds is 4. The number of imide groups is 1. The van der Waals surface area contributed by atoms with Gasteiger partial charge >= 0.3 is 6.03 Å². The summed E-state index contributed by atoms with van der Waals surface area (Å²) in [7, 11) is 0. The van der Waals surface area contributed by atoms with Crippen molar-refractivity contribution < 1.29 is 9.59 Å². The molecule has 0 unspecified atom stereocenters. The summed E-state index contributed by atoms with van der Waals surface area (Å²) < 4.78 is 1.62. The zero-order valence-corrected chi connectivity index (χ0v) is 13.2. The highest BCUT2D eigenvalue weighted by Gasteiger charge is 2.50. The Kier molecular flexibility index (Phi) is 3.64. The van der Waals surface area contributed by atoms with Gasteiger partial charge in [-0.1, -0.05) is 0 Å². The first-order chi connectivity index (χ1) is 11.7. The van der Waals surface area contributed by atoms with Crippen LogP contribution in [-0.4, -0.2) is 61.6 Å². The molecule has 4 rings (SSSR count). The van der Waals surface area contributed by atoms with Crippen LogP contribution in [0.25, 0.3) is 5.78 Å². The summed E-state index contributed by atoms with van der Waals surface area (Å²) in [6.45, 7) is 1.92. The van der Waals surface area contributed by atoms with E-state index in [1.165, 1.54) is 11.2 Å². The number of fused-ring (bicyclic) bond motifs is 1. The number of nitrogens with one attached hydrogen (secondary N) is 2. The van der Waals surface area contributed by atoms with Crippen molar-refractivity contribution >= 4 is 17.7 Å². The second-order valence-corrected chi connectivity index (χ2v) is 6.29. The Bertz CT molecular complexity index is 781. The highest BCUT2D eigenvalue weighted by Crippen LogP contribution is 2.27. The van der Waals surface area contributed by atoms with Crippen molar-refractivity contribution in [2.45, 2.75) is 31.2 Å². The highest BCUT2D eigenvalue weighted by atomic mass is 16.2. The molecule has 0 atom stereocenters. The van der Waals surface area contributed by atoms with E-state index in [-0.39, 0.29) is 11.9 Å². The molecular weight excluding hydrogens is 310 g/mol. The van der Waals surface area contributed by atoms with Gasteiger partial charge in [-0.3, -0.25) is 9.69 Å². The minimum atomic E-state index is -0.691. The van der Waals surface area contributed by atoms with Gasteiger partial charge in [0.25, 0.3) is 11.7 Å². The standard InChI is InChI=1S/C15H19N7O2/c23-12-15(3-5-16-6-4-15)20-14(24)21(12)7-1-2-11-8-17-13-18-10-19-22(13)9-11/h8-10,16H,1-7H2,(H,20,24). The number of hydrogen-bond donors (Lipinski definition) is 2. The van der Waals surface area contributed by atoms with Crippen molar-refractivity contribution in [2.75, 3.05) is 19.6 Å². The van der Waals surface area contributed by atoms with Crippen molar-refractivity contribution in [1.29, 1.82) is 0 Å². The van der Waals surface area contributed by atoms with Crippen LogP contribution in [-0.2, 0) is 11.2 Å². The lowest BCUT2D eigenvalue weighted by Crippen LogP contribution is -2.53. The first-order valence-electron chi connectivity index (χ1n) is 8.17. The molecule has 2 aliphatic heterocycles. The van der Waals surface area contributed by atoms with Gasteiger partial charge in [0.2, 0.25) is 0 Å². The van der Waals surface area contributed by atoms with Crippen LogP contribution in [0.4, 0.5) is 4.79 Å². The average molecular weight is 329 g/mol. The zero-order chi connectivity index (χ0) is 16.6. The summed E-state index contributed by atoms with van der Waals surface area (Å²) >= 11 is 0. The Morgan fingerprint density at radius 2 is 2.04 bits per heavy atom. The Hall–Kier alpha value is -2.55. The second-order valence-electron chi connectivity index (χ2n) is 6.29. The van der Waals surface area contributed by atoms with Crippen LogP contribution in [0.1, 0.15) is 24.8 Å². The van der Waals surface area contributed by atoms with E-state index >= 15 is 0 Å². The van der Waals surface area contributed by atoms with E-state index < -0.39 is 5.54 Å². The third-order valence-corrected chi connectivity index (χ3v) is 4.74. The molecule has 0 aliphatic carbocycles. The van der Waals surface area contributed by atoms with Crippen molar-refractivity contribution in [2.24, 2.45) is 0 Å². The van der Waals surface area contributed by atoms with Gasteiger partial charge in [-0.05, 0) is 44.3 Å². The fourth-order valence-electron chi connectivity index (χ4n) is 3.40. The fraction of sp³-hybridized carbons (Fsp3) is 0.533. The molecule has 126 valence electrons. The number of nitrogens with zero attached hydrogens (tertiary/aromatic N) is 5. The van der Waals surface area contributed by atoms with Crippen LogP contribution >= 0.6 is 0 Å². The minimum absolute atomic E-state index is 0.0844. The van der Waals surface area contributed by atoms with E-state index in [9.17, 15) is 9.59 Å². The maximum absolute atomic E-state index is 12.7. The van der Waals surface area contributed by atoms with Gasteiger partial charge in [-0.2, -0.15) is 10.1 Å². The average Bonchev–Trinajstić information content (AvgIpc) is 3.14. The maximum Gasteiger partial charge on any atom is 0.325 e. The van der Waals surface area contributed by atoms with Gasteiger partial charge in [-0.25, -0.2) is 14.3 Å². The largest absolute Gasteiger partial charge is 0.325 e. The van der Waals surface area contributed by atoms with Gasteiger partial charge in [0.15, 0.2) is 0 Å². The molecule has 3 amide bonds. The topological polar surface area (TPSA) is 105 Å². The van der Waals surface area contributed by atoms with Crippen molar-refractivity contribution in [3.63, 3.8) is 0 Å². The lowest BCUT2D eigenvalue weighted by Gasteiger charge is -2.31. The third-order valence-electron chi connectivity index (χ3n) is 4.74. The van der Waals surface area contributed by atoms with E-state index in [0.717, 1.165) is 18.7 Å². The number of carbonyl (C=O) groups is 2. The number of piperidine rings is 1. The number of aromatic nitrogens is 4. The molecule has 0 bridgehead atoms. The van der Waals surface area contributed by atoms with E-state index in [0.29, 0.717) is 38.0 Å². The van der Waals surface area contributed by atoms with E-state index in [1.807, 2.05) is 6.20 Å². The molecule has 2 aliphatic rings. The van der Waals surface area contributed by atoms with Gasteiger partial charge in [-0.15, -0.1) is 0 Å².